The fourth-order valence-corrected chi connectivity index (χ4v) is 6.82. The van der Waals surface area contributed by atoms with E-state index < -0.39 is 0 Å². The lowest BCUT2D eigenvalue weighted by Crippen LogP contribution is -2.60. The Labute approximate surface area is 174 Å². The van der Waals surface area contributed by atoms with Gasteiger partial charge in [0.25, 0.3) is 0 Å². The van der Waals surface area contributed by atoms with Crippen molar-refractivity contribution in [3.05, 3.63) is 38.9 Å². The zero-order valence-corrected chi connectivity index (χ0v) is 18.0. The molecule has 0 saturated heterocycles. The molecule has 4 aliphatic carbocycles. The summed E-state index contributed by atoms with van der Waals surface area (Å²) < 4.78 is 3.76. The van der Waals surface area contributed by atoms with Crippen molar-refractivity contribution >= 4 is 50.1 Å². The summed E-state index contributed by atoms with van der Waals surface area (Å²) in [5, 5.41) is 7.82. The molecule has 26 heavy (non-hydrogen) atoms. The number of carbonyl (C=O) groups is 1. The predicted octanol–water partition coefficient (Wildman–Crippen LogP) is 4.58. The molecule has 0 radical (unpaired) electrons. The van der Waals surface area contributed by atoms with Crippen LogP contribution >= 0.6 is 38.5 Å². The van der Waals surface area contributed by atoms with E-state index in [4.69, 9.17) is 0 Å². The molecule has 0 aliphatic heterocycles. The van der Waals surface area contributed by atoms with Crippen LogP contribution in [0.15, 0.2) is 35.3 Å². The van der Waals surface area contributed by atoms with E-state index in [9.17, 15) is 4.79 Å². The lowest BCUT2D eigenvalue weighted by molar-refractivity contribution is -0.150. The zero-order chi connectivity index (χ0) is 17.9. The van der Waals surface area contributed by atoms with Crippen LogP contribution in [0.3, 0.4) is 0 Å². The Bertz CT molecular complexity index is 868. The SMILES string of the molecule is O=C(Nc1ccccc1I)C12C[C@H]3C[C@H](C1)CC(n1cnc(Br)n1)(C3)C2. The standard InChI is InChI=1S/C19H20BrIN4O/c20-17-22-11-25(24-17)19-8-12-5-13(9-19)7-18(6-12,10-19)16(26)23-15-4-2-1-3-14(15)21/h1-4,11-13H,5-10H2,(H,23,26)/t12-,13-,18?,19?/m1/s1. The van der Waals surface area contributed by atoms with Crippen LogP contribution in [0, 0.1) is 20.8 Å². The van der Waals surface area contributed by atoms with E-state index in [0.29, 0.717) is 16.6 Å². The number of rotatable bonds is 3. The summed E-state index contributed by atoms with van der Waals surface area (Å²) in [5.74, 6) is 1.42. The van der Waals surface area contributed by atoms with Crippen LogP contribution in [0.2, 0.25) is 0 Å². The quantitative estimate of drug-likeness (QED) is 0.595. The minimum Gasteiger partial charge on any atom is -0.325 e. The first-order valence-electron chi connectivity index (χ1n) is 9.12. The number of halogens is 2. The third-order valence-corrected chi connectivity index (χ3v) is 7.89. The molecule has 4 bridgehead atoms. The summed E-state index contributed by atoms with van der Waals surface area (Å²) in [6, 6.07) is 8.00. The van der Waals surface area contributed by atoms with E-state index in [0.717, 1.165) is 41.4 Å². The van der Waals surface area contributed by atoms with Crippen molar-refractivity contribution in [3.8, 4) is 0 Å². The Kier molecular flexibility index (Phi) is 3.97. The number of benzene rings is 1. The maximum atomic E-state index is 13.4. The van der Waals surface area contributed by atoms with Gasteiger partial charge in [0, 0.05) is 3.57 Å². The van der Waals surface area contributed by atoms with Gasteiger partial charge in [-0.15, -0.1) is 5.10 Å². The fourth-order valence-electron chi connectivity index (χ4n) is 6.04. The highest BCUT2D eigenvalue weighted by Crippen LogP contribution is 2.64. The number of carbonyl (C=O) groups excluding carboxylic acids is 1. The lowest BCUT2D eigenvalue weighted by Gasteiger charge is -2.60. The van der Waals surface area contributed by atoms with Crippen LogP contribution in [0.4, 0.5) is 5.69 Å². The molecule has 2 atom stereocenters. The van der Waals surface area contributed by atoms with Crippen molar-refractivity contribution in [2.75, 3.05) is 5.32 Å². The third kappa shape index (κ3) is 2.65. The molecule has 7 heteroatoms. The van der Waals surface area contributed by atoms with Gasteiger partial charge in [-0.25, -0.2) is 9.67 Å². The van der Waals surface area contributed by atoms with Gasteiger partial charge in [-0.1, -0.05) is 12.1 Å². The van der Waals surface area contributed by atoms with Gasteiger partial charge in [-0.3, -0.25) is 4.79 Å². The smallest absolute Gasteiger partial charge is 0.230 e. The first-order chi connectivity index (χ1) is 12.5. The number of nitrogens with one attached hydrogen (secondary N) is 1. The van der Waals surface area contributed by atoms with Gasteiger partial charge >= 0.3 is 0 Å². The molecule has 0 unspecified atom stereocenters. The lowest BCUT2D eigenvalue weighted by atomic mass is 9.46. The summed E-state index contributed by atoms with van der Waals surface area (Å²) >= 11 is 5.67. The van der Waals surface area contributed by atoms with Gasteiger partial charge in [-0.05, 0) is 101 Å². The van der Waals surface area contributed by atoms with Crippen LogP contribution in [0.25, 0.3) is 0 Å². The van der Waals surface area contributed by atoms with Gasteiger partial charge in [0.1, 0.15) is 6.33 Å². The molecule has 1 amide bonds. The topological polar surface area (TPSA) is 59.8 Å². The molecule has 1 N–H and O–H groups in total. The molecule has 4 fully saturated rings. The van der Waals surface area contributed by atoms with Gasteiger partial charge in [0.05, 0.1) is 16.6 Å². The van der Waals surface area contributed by atoms with E-state index in [1.807, 2.05) is 35.3 Å². The average Bonchev–Trinajstić information content (AvgIpc) is 3.03. The van der Waals surface area contributed by atoms with Crippen molar-refractivity contribution in [2.45, 2.75) is 44.1 Å². The van der Waals surface area contributed by atoms with Crippen LogP contribution in [0.5, 0.6) is 0 Å². The molecule has 2 aromatic rings. The van der Waals surface area contributed by atoms with E-state index in [1.54, 1.807) is 0 Å². The van der Waals surface area contributed by atoms with Gasteiger partial charge in [-0.2, -0.15) is 0 Å². The van der Waals surface area contributed by atoms with E-state index >= 15 is 0 Å². The summed E-state index contributed by atoms with van der Waals surface area (Å²) in [6.07, 6.45) is 8.23. The van der Waals surface area contributed by atoms with E-state index in [-0.39, 0.29) is 16.9 Å². The van der Waals surface area contributed by atoms with Crippen molar-refractivity contribution in [1.82, 2.24) is 14.8 Å². The number of para-hydroxylation sites is 1. The van der Waals surface area contributed by atoms with Crippen molar-refractivity contribution < 1.29 is 4.79 Å². The van der Waals surface area contributed by atoms with Crippen LogP contribution in [0.1, 0.15) is 38.5 Å². The van der Waals surface area contributed by atoms with Crippen molar-refractivity contribution in [1.29, 1.82) is 0 Å². The predicted molar refractivity (Wildman–Crippen MR) is 111 cm³/mol. The van der Waals surface area contributed by atoms with Crippen LogP contribution in [-0.2, 0) is 10.3 Å². The zero-order valence-electron chi connectivity index (χ0n) is 14.3. The third-order valence-electron chi connectivity index (χ3n) is 6.58. The van der Waals surface area contributed by atoms with Crippen LogP contribution in [-0.4, -0.2) is 20.7 Å². The Morgan fingerprint density at radius 1 is 1.23 bits per heavy atom. The molecular weight excluding hydrogens is 507 g/mol. The Morgan fingerprint density at radius 2 is 1.96 bits per heavy atom. The van der Waals surface area contributed by atoms with Gasteiger partial charge in [0.2, 0.25) is 10.6 Å². The average molecular weight is 527 g/mol. The number of hydrogen-bond acceptors (Lipinski definition) is 3. The summed E-state index contributed by atoms with van der Waals surface area (Å²) in [7, 11) is 0. The number of hydrogen-bond donors (Lipinski definition) is 1. The Hall–Kier alpha value is -0.960. The molecular formula is C19H20BrIN4O. The van der Waals surface area contributed by atoms with E-state index in [2.05, 4.69) is 53.9 Å². The maximum absolute atomic E-state index is 13.4. The highest BCUT2D eigenvalue weighted by Gasteiger charge is 2.61. The molecule has 136 valence electrons. The summed E-state index contributed by atoms with van der Waals surface area (Å²) in [5.41, 5.74) is 0.595. The second-order valence-corrected chi connectivity index (χ2v) is 10.2. The van der Waals surface area contributed by atoms with Crippen molar-refractivity contribution in [3.63, 3.8) is 0 Å². The number of nitrogens with zero attached hydrogens (tertiary/aromatic N) is 3. The Morgan fingerprint density at radius 3 is 2.62 bits per heavy atom. The highest BCUT2D eigenvalue weighted by molar-refractivity contribution is 14.1. The fraction of sp³-hybridized carbons (Fsp3) is 0.526. The first-order valence-corrected chi connectivity index (χ1v) is 11.0. The summed E-state index contributed by atoms with van der Waals surface area (Å²) in [4.78, 5) is 17.7. The largest absolute Gasteiger partial charge is 0.325 e. The second-order valence-electron chi connectivity index (χ2n) is 8.36. The number of amides is 1. The minimum atomic E-state index is -0.276. The molecule has 1 aromatic carbocycles. The summed E-state index contributed by atoms with van der Waals surface area (Å²) in [6.45, 7) is 0. The number of anilines is 1. The molecule has 0 spiro atoms. The van der Waals surface area contributed by atoms with Gasteiger partial charge < -0.3 is 5.32 Å². The monoisotopic (exact) mass is 526 g/mol. The van der Waals surface area contributed by atoms with E-state index in [1.165, 1.54) is 6.42 Å². The molecule has 1 aromatic heterocycles. The second kappa shape index (κ2) is 6.02. The molecule has 6 rings (SSSR count). The number of aromatic nitrogens is 3. The highest BCUT2D eigenvalue weighted by atomic mass is 127. The first kappa shape index (κ1) is 17.2. The Balaban J connectivity index is 1.49. The minimum absolute atomic E-state index is 0.0513. The van der Waals surface area contributed by atoms with Crippen molar-refractivity contribution in [2.24, 2.45) is 17.3 Å². The van der Waals surface area contributed by atoms with Gasteiger partial charge in [0.15, 0.2) is 0 Å². The van der Waals surface area contributed by atoms with Crippen LogP contribution < -0.4 is 5.32 Å². The molecule has 5 nitrogen and oxygen atoms in total. The maximum Gasteiger partial charge on any atom is 0.230 e. The molecule has 4 saturated carbocycles. The molecule has 4 aliphatic rings. The normalized spacial score (nSPS) is 34.8. The molecule has 1 heterocycles.